The van der Waals surface area contributed by atoms with Crippen molar-refractivity contribution in [3.05, 3.63) is 18.3 Å². The molecule has 11 heteroatoms. The second-order valence-electron chi connectivity index (χ2n) is 12.2. The number of aromatic nitrogens is 4. The zero-order valence-electron chi connectivity index (χ0n) is 23.3. The number of hydrogen-bond acceptors (Lipinski definition) is 10. The minimum absolute atomic E-state index is 0. The SMILES string of the molecule is CC(C)N1CCN([C@H](C(=O)Nc2nnc(N[C@@H]3CCN(c4cccnn4)C3)s2)C2CCC(C)(C)CC2)CC1.[HH].[HH]. The Labute approximate surface area is 233 Å². The van der Waals surface area contributed by atoms with Gasteiger partial charge in [-0.25, -0.2) is 0 Å². The molecule has 0 spiro atoms. The Morgan fingerprint density at radius 2 is 1.74 bits per heavy atom. The molecule has 212 valence electrons. The highest BCUT2D eigenvalue weighted by Gasteiger charge is 2.39. The quantitative estimate of drug-likeness (QED) is 0.508. The van der Waals surface area contributed by atoms with Gasteiger partial charge >= 0.3 is 0 Å². The van der Waals surface area contributed by atoms with Gasteiger partial charge in [0, 0.05) is 60.4 Å². The molecule has 3 fully saturated rings. The van der Waals surface area contributed by atoms with Crippen molar-refractivity contribution in [3.63, 3.8) is 0 Å². The summed E-state index contributed by atoms with van der Waals surface area (Å²) in [5, 5.41) is 24.8. The molecule has 2 N–H and O–H groups in total. The van der Waals surface area contributed by atoms with Crippen molar-refractivity contribution in [2.75, 3.05) is 54.8 Å². The Bertz CT molecular complexity index is 1060. The number of nitrogens with one attached hydrogen (secondary N) is 2. The van der Waals surface area contributed by atoms with Gasteiger partial charge in [-0.1, -0.05) is 25.2 Å². The molecular weight excluding hydrogens is 498 g/mol. The molecule has 2 aromatic heterocycles. The van der Waals surface area contributed by atoms with Gasteiger partial charge < -0.3 is 10.2 Å². The molecule has 2 aliphatic heterocycles. The molecule has 1 aliphatic carbocycles. The van der Waals surface area contributed by atoms with Crippen LogP contribution in [0, 0.1) is 11.3 Å². The van der Waals surface area contributed by atoms with Crippen LogP contribution in [0.5, 0.6) is 0 Å². The first-order valence-electron chi connectivity index (χ1n) is 14.2. The normalized spacial score (nSPS) is 24.0. The molecule has 0 unspecified atom stereocenters. The first-order chi connectivity index (χ1) is 18.3. The summed E-state index contributed by atoms with van der Waals surface area (Å²) in [6, 6.07) is 4.58. The number of anilines is 3. The monoisotopic (exact) mass is 545 g/mol. The maximum absolute atomic E-state index is 13.8. The van der Waals surface area contributed by atoms with Gasteiger partial charge in [0.25, 0.3) is 0 Å². The van der Waals surface area contributed by atoms with E-state index in [1.807, 2.05) is 12.1 Å². The van der Waals surface area contributed by atoms with Crippen molar-refractivity contribution in [3.8, 4) is 0 Å². The zero-order valence-corrected chi connectivity index (χ0v) is 24.1. The second-order valence-corrected chi connectivity index (χ2v) is 13.1. The summed E-state index contributed by atoms with van der Waals surface area (Å²) < 4.78 is 0. The fourth-order valence-electron chi connectivity index (χ4n) is 6.18. The summed E-state index contributed by atoms with van der Waals surface area (Å²) in [5.41, 5.74) is 0.372. The van der Waals surface area contributed by atoms with Crippen LogP contribution in [0.1, 0.15) is 62.7 Å². The van der Waals surface area contributed by atoms with E-state index in [1.165, 1.54) is 24.2 Å². The number of nitrogens with zero attached hydrogens (tertiary/aromatic N) is 7. The molecule has 2 saturated heterocycles. The van der Waals surface area contributed by atoms with E-state index in [2.05, 4.69) is 73.4 Å². The van der Waals surface area contributed by atoms with E-state index in [0.717, 1.165) is 69.5 Å². The van der Waals surface area contributed by atoms with Gasteiger partial charge in [0.05, 0.1) is 6.04 Å². The van der Waals surface area contributed by atoms with E-state index in [9.17, 15) is 4.79 Å². The number of piperazine rings is 1. The number of hydrogen-bond donors (Lipinski definition) is 2. The largest absolute Gasteiger partial charge is 0.355 e. The van der Waals surface area contributed by atoms with E-state index in [4.69, 9.17) is 0 Å². The van der Waals surface area contributed by atoms with Gasteiger partial charge in [-0.05, 0) is 69.4 Å². The van der Waals surface area contributed by atoms with Crippen LogP contribution in [0.25, 0.3) is 0 Å². The summed E-state index contributed by atoms with van der Waals surface area (Å²) in [6.07, 6.45) is 7.23. The molecule has 0 aromatic carbocycles. The number of amides is 1. The average Bonchev–Trinajstić information content (AvgIpc) is 3.56. The van der Waals surface area contributed by atoms with Crippen molar-refractivity contribution >= 4 is 33.3 Å². The highest BCUT2D eigenvalue weighted by molar-refractivity contribution is 7.19. The highest BCUT2D eigenvalue weighted by atomic mass is 32.1. The Morgan fingerprint density at radius 1 is 1.03 bits per heavy atom. The van der Waals surface area contributed by atoms with Crippen molar-refractivity contribution in [1.82, 2.24) is 30.2 Å². The van der Waals surface area contributed by atoms with Crippen LogP contribution in [-0.4, -0.2) is 93.5 Å². The lowest BCUT2D eigenvalue weighted by atomic mass is 9.70. The van der Waals surface area contributed by atoms with Crippen molar-refractivity contribution in [2.45, 2.75) is 77.9 Å². The van der Waals surface area contributed by atoms with Crippen LogP contribution in [0.3, 0.4) is 0 Å². The van der Waals surface area contributed by atoms with E-state index in [1.54, 1.807) is 6.20 Å². The third-order valence-electron chi connectivity index (χ3n) is 8.62. The predicted octanol–water partition coefficient (Wildman–Crippen LogP) is 4.06. The minimum atomic E-state index is -0.115. The summed E-state index contributed by atoms with van der Waals surface area (Å²) in [4.78, 5) is 20.9. The summed E-state index contributed by atoms with van der Waals surface area (Å²) >= 11 is 1.42. The molecule has 38 heavy (non-hydrogen) atoms. The number of carbonyl (C=O) groups is 1. The molecule has 3 aliphatic rings. The number of rotatable bonds is 8. The third-order valence-corrected chi connectivity index (χ3v) is 9.39. The molecule has 4 heterocycles. The first kappa shape index (κ1) is 27.2. The molecular formula is C27H47N9OS. The second kappa shape index (κ2) is 11.8. The van der Waals surface area contributed by atoms with Gasteiger partial charge in [0.1, 0.15) is 0 Å². The third kappa shape index (κ3) is 6.60. The molecule has 0 bridgehead atoms. The molecule has 5 rings (SSSR count). The highest BCUT2D eigenvalue weighted by Crippen LogP contribution is 2.40. The maximum Gasteiger partial charge on any atom is 0.243 e. The van der Waals surface area contributed by atoms with Gasteiger partial charge in [0.15, 0.2) is 5.82 Å². The van der Waals surface area contributed by atoms with Gasteiger partial charge in [-0.15, -0.1) is 15.3 Å². The Hall–Kier alpha value is -2.37. The van der Waals surface area contributed by atoms with E-state index >= 15 is 0 Å². The van der Waals surface area contributed by atoms with E-state index < -0.39 is 0 Å². The van der Waals surface area contributed by atoms with Gasteiger partial charge in [-0.3, -0.25) is 19.9 Å². The molecule has 2 atom stereocenters. The van der Waals surface area contributed by atoms with Crippen LogP contribution in [-0.2, 0) is 4.79 Å². The van der Waals surface area contributed by atoms with Gasteiger partial charge in [0.2, 0.25) is 16.2 Å². The van der Waals surface area contributed by atoms with Crippen LogP contribution in [0.2, 0.25) is 0 Å². The molecule has 1 saturated carbocycles. The Morgan fingerprint density at radius 3 is 2.42 bits per heavy atom. The predicted molar refractivity (Wildman–Crippen MR) is 157 cm³/mol. The summed E-state index contributed by atoms with van der Waals surface area (Å²) in [7, 11) is 0. The van der Waals surface area contributed by atoms with Crippen LogP contribution in [0.15, 0.2) is 18.3 Å². The summed E-state index contributed by atoms with van der Waals surface area (Å²) in [6.45, 7) is 14.9. The van der Waals surface area contributed by atoms with E-state index in [-0.39, 0.29) is 20.8 Å². The molecule has 10 nitrogen and oxygen atoms in total. The van der Waals surface area contributed by atoms with Crippen LogP contribution in [0.4, 0.5) is 16.1 Å². The van der Waals surface area contributed by atoms with Gasteiger partial charge in [-0.2, -0.15) is 5.10 Å². The minimum Gasteiger partial charge on any atom is -0.355 e. The lowest BCUT2D eigenvalue weighted by Gasteiger charge is -2.45. The molecule has 0 radical (unpaired) electrons. The van der Waals surface area contributed by atoms with E-state index in [0.29, 0.717) is 22.5 Å². The fraction of sp³-hybridized carbons (Fsp3) is 0.741. The topological polar surface area (TPSA) is 102 Å². The standard InChI is InChI=1S/C27H43N9OS.2H2/c1-19(2)34-14-16-35(17-15-34)23(20-7-10-27(3,4)11-8-20)24(37)30-26-33-32-25(38-26)29-21-9-13-36(18-21)22-6-5-12-28-31-22;;/h5-6,12,19-21,23H,7-11,13-18H2,1-4H3,(H,29,32)(H,30,33,37);2*1H/t21-,23+;;/m1../s1. The van der Waals surface area contributed by atoms with Crippen molar-refractivity contribution < 1.29 is 7.65 Å². The Balaban J connectivity index is 0.00000220. The fourth-order valence-corrected chi connectivity index (χ4v) is 6.91. The lowest BCUT2D eigenvalue weighted by molar-refractivity contribution is -0.125. The number of carbonyl (C=O) groups excluding carboxylic acids is 1. The van der Waals surface area contributed by atoms with Crippen LogP contribution >= 0.6 is 11.3 Å². The first-order valence-corrected chi connectivity index (χ1v) is 15.0. The Kier molecular flexibility index (Phi) is 8.44. The smallest absolute Gasteiger partial charge is 0.243 e. The van der Waals surface area contributed by atoms with Crippen LogP contribution < -0.4 is 15.5 Å². The average molecular weight is 546 g/mol. The molecule has 1 amide bonds. The maximum atomic E-state index is 13.8. The zero-order chi connectivity index (χ0) is 26.7. The molecule has 2 aromatic rings. The van der Waals surface area contributed by atoms with Crippen molar-refractivity contribution in [1.29, 1.82) is 0 Å². The lowest BCUT2D eigenvalue weighted by Crippen LogP contribution is -2.57. The summed E-state index contributed by atoms with van der Waals surface area (Å²) in [5.74, 6) is 1.35. The van der Waals surface area contributed by atoms with Crippen molar-refractivity contribution in [2.24, 2.45) is 11.3 Å².